The highest BCUT2D eigenvalue weighted by Gasteiger charge is 2.25. The van der Waals surface area contributed by atoms with Gasteiger partial charge in [-0.25, -0.2) is 0 Å². The summed E-state index contributed by atoms with van der Waals surface area (Å²) in [6.45, 7) is 3.81. The highest BCUT2D eigenvalue weighted by Crippen LogP contribution is 2.18. The summed E-state index contributed by atoms with van der Waals surface area (Å²) < 4.78 is 0. The van der Waals surface area contributed by atoms with Gasteiger partial charge in [-0.1, -0.05) is 0 Å². The van der Waals surface area contributed by atoms with Crippen LogP contribution < -0.4 is 5.32 Å². The SMILES string of the molecule is Cc1ccsc1CN(C)C(=O)[C@@H]1CCCN1.Cl. The molecule has 17 heavy (non-hydrogen) atoms. The zero-order chi connectivity index (χ0) is 11.5. The van der Waals surface area contributed by atoms with E-state index in [0.717, 1.165) is 25.9 Å². The third kappa shape index (κ3) is 3.44. The lowest BCUT2D eigenvalue weighted by molar-refractivity contribution is -0.132. The fourth-order valence-corrected chi connectivity index (χ4v) is 2.98. The second kappa shape index (κ2) is 6.38. The third-order valence-electron chi connectivity index (χ3n) is 3.08. The van der Waals surface area contributed by atoms with E-state index in [1.165, 1.54) is 10.4 Å². The Bertz CT molecular complexity index is 374. The van der Waals surface area contributed by atoms with Crippen molar-refractivity contribution in [3.63, 3.8) is 0 Å². The molecule has 1 amide bonds. The van der Waals surface area contributed by atoms with Crippen molar-refractivity contribution in [2.75, 3.05) is 13.6 Å². The predicted molar refractivity (Wildman–Crippen MR) is 73.8 cm³/mol. The molecule has 1 atom stereocenters. The average Bonchev–Trinajstić information content (AvgIpc) is 2.89. The number of carbonyl (C=O) groups is 1. The van der Waals surface area contributed by atoms with Crippen molar-refractivity contribution in [3.05, 3.63) is 21.9 Å². The summed E-state index contributed by atoms with van der Waals surface area (Å²) in [6, 6.07) is 2.15. The maximum absolute atomic E-state index is 12.1. The maximum atomic E-state index is 12.1. The van der Waals surface area contributed by atoms with Crippen LogP contribution in [0.25, 0.3) is 0 Å². The number of hydrogen-bond acceptors (Lipinski definition) is 3. The fourth-order valence-electron chi connectivity index (χ4n) is 2.02. The van der Waals surface area contributed by atoms with Crippen LogP contribution >= 0.6 is 23.7 Å². The van der Waals surface area contributed by atoms with Crippen LogP contribution in [0.1, 0.15) is 23.3 Å². The van der Waals surface area contributed by atoms with Gasteiger partial charge in [-0.2, -0.15) is 0 Å². The summed E-state index contributed by atoms with van der Waals surface area (Å²) in [6.07, 6.45) is 2.09. The van der Waals surface area contributed by atoms with E-state index >= 15 is 0 Å². The normalized spacial score (nSPS) is 18.8. The Hall–Kier alpha value is -0.580. The molecular weight excluding hydrogens is 256 g/mol. The molecule has 3 nitrogen and oxygen atoms in total. The second-order valence-electron chi connectivity index (χ2n) is 4.37. The molecule has 0 spiro atoms. The van der Waals surface area contributed by atoms with Crippen LogP contribution in [0, 0.1) is 6.92 Å². The van der Waals surface area contributed by atoms with E-state index in [1.807, 2.05) is 11.9 Å². The number of aryl methyl sites for hydroxylation is 1. The lowest BCUT2D eigenvalue weighted by atomic mass is 10.2. The number of hydrogen-bond donors (Lipinski definition) is 1. The van der Waals surface area contributed by atoms with Crippen LogP contribution in [0.4, 0.5) is 0 Å². The van der Waals surface area contributed by atoms with E-state index in [-0.39, 0.29) is 24.4 Å². The summed E-state index contributed by atoms with van der Waals surface area (Å²) >= 11 is 1.72. The minimum absolute atomic E-state index is 0. The van der Waals surface area contributed by atoms with Crippen molar-refractivity contribution in [1.82, 2.24) is 10.2 Å². The van der Waals surface area contributed by atoms with Crippen molar-refractivity contribution in [1.29, 1.82) is 0 Å². The Labute approximate surface area is 113 Å². The number of nitrogens with one attached hydrogen (secondary N) is 1. The highest BCUT2D eigenvalue weighted by atomic mass is 35.5. The van der Waals surface area contributed by atoms with Crippen LogP contribution in [0.3, 0.4) is 0 Å². The van der Waals surface area contributed by atoms with E-state index in [4.69, 9.17) is 0 Å². The van der Waals surface area contributed by atoms with Crippen molar-refractivity contribution < 1.29 is 4.79 Å². The Morgan fingerprint density at radius 3 is 2.94 bits per heavy atom. The minimum atomic E-state index is 0. The molecule has 0 aliphatic carbocycles. The van der Waals surface area contributed by atoms with Crippen LogP contribution in [-0.2, 0) is 11.3 Å². The number of carbonyl (C=O) groups excluding carboxylic acids is 1. The van der Waals surface area contributed by atoms with Crippen LogP contribution in [0.2, 0.25) is 0 Å². The first-order valence-corrected chi connectivity index (χ1v) is 6.58. The van der Waals surface area contributed by atoms with E-state index in [0.29, 0.717) is 0 Å². The molecule has 0 unspecified atom stereocenters. The Kier molecular flexibility index (Phi) is 5.43. The van der Waals surface area contributed by atoms with E-state index < -0.39 is 0 Å². The lowest BCUT2D eigenvalue weighted by Gasteiger charge is -2.20. The van der Waals surface area contributed by atoms with Gasteiger partial charge in [0, 0.05) is 11.9 Å². The lowest BCUT2D eigenvalue weighted by Crippen LogP contribution is -2.41. The largest absolute Gasteiger partial charge is 0.339 e. The van der Waals surface area contributed by atoms with Gasteiger partial charge in [0.1, 0.15) is 0 Å². The van der Waals surface area contributed by atoms with Gasteiger partial charge in [0.2, 0.25) is 5.91 Å². The van der Waals surface area contributed by atoms with Gasteiger partial charge < -0.3 is 10.2 Å². The van der Waals surface area contributed by atoms with Crippen molar-refractivity contribution >= 4 is 29.7 Å². The molecular formula is C12H19ClN2OS. The smallest absolute Gasteiger partial charge is 0.239 e. The Morgan fingerprint density at radius 2 is 2.41 bits per heavy atom. The van der Waals surface area contributed by atoms with Gasteiger partial charge in [0.15, 0.2) is 0 Å². The molecule has 1 aliphatic heterocycles. The standard InChI is InChI=1S/C12H18N2OS.ClH/c1-9-5-7-16-11(9)8-14(2)12(15)10-4-3-6-13-10;/h5,7,10,13H,3-4,6,8H2,1-2H3;1H/t10-;/m0./s1. The molecule has 5 heteroatoms. The van der Waals surface area contributed by atoms with E-state index in [1.54, 1.807) is 11.3 Å². The van der Waals surface area contributed by atoms with Crippen molar-refractivity contribution in [2.24, 2.45) is 0 Å². The van der Waals surface area contributed by atoms with Gasteiger partial charge >= 0.3 is 0 Å². The molecule has 2 rings (SSSR count). The first kappa shape index (κ1) is 14.5. The highest BCUT2D eigenvalue weighted by molar-refractivity contribution is 7.10. The van der Waals surface area contributed by atoms with Gasteiger partial charge in [-0.05, 0) is 43.3 Å². The molecule has 2 heterocycles. The van der Waals surface area contributed by atoms with Gasteiger partial charge in [-0.3, -0.25) is 4.79 Å². The summed E-state index contributed by atoms with van der Waals surface area (Å²) in [5, 5.41) is 5.32. The molecule has 0 bridgehead atoms. The van der Waals surface area contributed by atoms with Gasteiger partial charge in [0.25, 0.3) is 0 Å². The van der Waals surface area contributed by atoms with Crippen molar-refractivity contribution in [2.45, 2.75) is 32.4 Å². The molecule has 96 valence electrons. The van der Waals surface area contributed by atoms with Gasteiger partial charge in [0.05, 0.1) is 12.6 Å². The number of thiophene rings is 1. The zero-order valence-electron chi connectivity index (χ0n) is 10.2. The quantitative estimate of drug-likeness (QED) is 0.916. The first-order chi connectivity index (χ1) is 7.68. The topological polar surface area (TPSA) is 32.3 Å². The maximum Gasteiger partial charge on any atom is 0.239 e. The molecule has 1 saturated heterocycles. The molecule has 0 saturated carbocycles. The first-order valence-electron chi connectivity index (χ1n) is 5.70. The number of halogens is 1. The van der Waals surface area contributed by atoms with Crippen LogP contribution in [-0.4, -0.2) is 30.4 Å². The number of likely N-dealkylation sites (N-methyl/N-ethyl adjacent to an activating group) is 1. The van der Waals surface area contributed by atoms with Crippen LogP contribution in [0.5, 0.6) is 0 Å². The summed E-state index contributed by atoms with van der Waals surface area (Å²) in [5.74, 6) is 0.227. The van der Waals surface area contributed by atoms with E-state index in [9.17, 15) is 4.79 Å². The number of rotatable bonds is 3. The predicted octanol–water partition coefficient (Wildman–Crippen LogP) is 2.19. The second-order valence-corrected chi connectivity index (χ2v) is 5.37. The summed E-state index contributed by atoms with van der Waals surface area (Å²) in [4.78, 5) is 15.2. The molecule has 1 aliphatic rings. The molecule has 1 fully saturated rings. The molecule has 1 aromatic rings. The number of amides is 1. The molecule has 0 aromatic carbocycles. The number of nitrogens with zero attached hydrogens (tertiary/aromatic N) is 1. The zero-order valence-corrected chi connectivity index (χ0v) is 11.9. The Balaban J connectivity index is 0.00000144. The van der Waals surface area contributed by atoms with Gasteiger partial charge in [-0.15, -0.1) is 23.7 Å². The van der Waals surface area contributed by atoms with Crippen molar-refractivity contribution in [3.8, 4) is 0 Å². The third-order valence-corrected chi connectivity index (χ3v) is 4.09. The molecule has 1 N–H and O–H groups in total. The minimum Gasteiger partial charge on any atom is -0.339 e. The van der Waals surface area contributed by atoms with E-state index in [2.05, 4.69) is 23.7 Å². The Morgan fingerprint density at radius 1 is 1.65 bits per heavy atom. The monoisotopic (exact) mass is 274 g/mol. The van der Waals surface area contributed by atoms with Crippen LogP contribution in [0.15, 0.2) is 11.4 Å². The fraction of sp³-hybridized carbons (Fsp3) is 0.583. The summed E-state index contributed by atoms with van der Waals surface area (Å²) in [7, 11) is 1.89. The average molecular weight is 275 g/mol. The summed E-state index contributed by atoms with van der Waals surface area (Å²) in [5.41, 5.74) is 1.28. The molecule has 0 radical (unpaired) electrons. The molecule has 1 aromatic heterocycles.